The molecule has 0 aromatic heterocycles. The Labute approximate surface area is 197 Å². The molecule has 174 valence electrons. The predicted octanol–water partition coefficient (Wildman–Crippen LogP) is 3.90. The molecular formula is C27H26N2O5. The van der Waals surface area contributed by atoms with Gasteiger partial charge < -0.3 is 20.5 Å². The molecule has 2 amide bonds. The summed E-state index contributed by atoms with van der Waals surface area (Å²) in [5.41, 5.74) is 5.05. The fourth-order valence-corrected chi connectivity index (χ4v) is 4.27. The number of fused-ring (bicyclic) bond motifs is 3. The SMILES string of the molecule is C[C@@H](NC(=O)OCC1c2ccccc2-c2ccccc21)C(=O)NCC(C(=O)O)c1ccccc1. The van der Waals surface area contributed by atoms with Crippen LogP contribution < -0.4 is 10.6 Å². The van der Waals surface area contributed by atoms with Crippen LogP contribution in [0.15, 0.2) is 78.9 Å². The number of aliphatic carboxylic acids is 1. The molecule has 0 spiro atoms. The van der Waals surface area contributed by atoms with E-state index < -0.39 is 29.9 Å². The van der Waals surface area contributed by atoms with Crippen molar-refractivity contribution in [3.63, 3.8) is 0 Å². The minimum absolute atomic E-state index is 0.0792. The standard InChI is InChI=1S/C27H26N2O5/c1-17(25(30)28-15-23(26(31)32)18-9-3-2-4-10-18)29-27(33)34-16-24-21-13-7-5-11-19(21)20-12-6-8-14-22(20)24/h2-14,17,23-24H,15-16H2,1H3,(H,28,30)(H,29,33)(H,31,32)/t17-,23?/m1/s1. The van der Waals surface area contributed by atoms with Crippen LogP contribution in [0.3, 0.4) is 0 Å². The van der Waals surface area contributed by atoms with Gasteiger partial charge >= 0.3 is 12.1 Å². The Bertz CT molecular complexity index is 1150. The maximum Gasteiger partial charge on any atom is 0.407 e. The molecule has 0 heterocycles. The van der Waals surface area contributed by atoms with Gasteiger partial charge in [-0.2, -0.15) is 0 Å². The number of hydrogen-bond donors (Lipinski definition) is 3. The van der Waals surface area contributed by atoms with Crippen molar-refractivity contribution >= 4 is 18.0 Å². The molecule has 0 saturated heterocycles. The van der Waals surface area contributed by atoms with Crippen molar-refractivity contribution in [3.05, 3.63) is 95.6 Å². The first-order chi connectivity index (χ1) is 16.5. The van der Waals surface area contributed by atoms with Crippen molar-refractivity contribution < 1.29 is 24.2 Å². The van der Waals surface area contributed by atoms with Crippen molar-refractivity contribution in [1.82, 2.24) is 10.6 Å². The smallest absolute Gasteiger partial charge is 0.407 e. The molecule has 1 unspecified atom stereocenters. The Balaban J connectivity index is 1.31. The van der Waals surface area contributed by atoms with Crippen LogP contribution in [0, 0.1) is 0 Å². The molecule has 34 heavy (non-hydrogen) atoms. The number of carboxylic acid groups (broad SMARTS) is 1. The second-order valence-electron chi connectivity index (χ2n) is 8.24. The zero-order valence-electron chi connectivity index (χ0n) is 18.7. The van der Waals surface area contributed by atoms with Crippen LogP contribution in [0.1, 0.15) is 35.4 Å². The Morgan fingerprint density at radius 1 is 0.882 bits per heavy atom. The van der Waals surface area contributed by atoms with Crippen LogP contribution in [0.5, 0.6) is 0 Å². The van der Waals surface area contributed by atoms with Crippen LogP contribution in [-0.2, 0) is 14.3 Å². The van der Waals surface area contributed by atoms with E-state index in [1.165, 1.54) is 6.92 Å². The zero-order chi connectivity index (χ0) is 24.1. The lowest BCUT2D eigenvalue weighted by molar-refractivity contribution is -0.138. The first-order valence-electron chi connectivity index (χ1n) is 11.1. The Morgan fingerprint density at radius 3 is 2.03 bits per heavy atom. The highest BCUT2D eigenvalue weighted by Crippen LogP contribution is 2.44. The van der Waals surface area contributed by atoms with Crippen LogP contribution in [0.4, 0.5) is 4.79 Å². The van der Waals surface area contributed by atoms with Crippen molar-refractivity contribution in [2.24, 2.45) is 0 Å². The van der Waals surface area contributed by atoms with E-state index >= 15 is 0 Å². The molecule has 0 fully saturated rings. The lowest BCUT2D eigenvalue weighted by Gasteiger charge is -2.18. The quantitative estimate of drug-likeness (QED) is 0.475. The lowest BCUT2D eigenvalue weighted by Crippen LogP contribution is -2.46. The molecule has 0 saturated carbocycles. The molecule has 0 bridgehead atoms. The van der Waals surface area contributed by atoms with E-state index in [-0.39, 0.29) is 19.1 Å². The summed E-state index contributed by atoms with van der Waals surface area (Å²) in [6.45, 7) is 1.58. The molecular weight excluding hydrogens is 432 g/mol. The van der Waals surface area contributed by atoms with Crippen molar-refractivity contribution in [2.45, 2.75) is 24.8 Å². The number of rotatable bonds is 8. The molecule has 1 aliphatic rings. The van der Waals surface area contributed by atoms with E-state index in [2.05, 4.69) is 22.8 Å². The minimum Gasteiger partial charge on any atom is -0.481 e. The highest BCUT2D eigenvalue weighted by molar-refractivity contribution is 5.86. The molecule has 3 aromatic rings. The van der Waals surface area contributed by atoms with E-state index in [0.29, 0.717) is 5.56 Å². The van der Waals surface area contributed by atoms with Gasteiger partial charge in [-0.15, -0.1) is 0 Å². The number of hydrogen-bond acceptors (Lipinski definition) is 4. The van der Waals surface area contributed by atoms with Gasteiger partial charge in [0.2, 0.25) is 5.91 Å². The van der Waals surface area contributed by atoms with E-state index in [1.807, 2.05) is 36.4 Å². The fourth-order valence-electron chi connectivity index (χ4n) is 4.27. The fraction of sp³-hybridized carbons (Fsp3) is 0.222. The summed E-state index contributed by atoms with van der Waals surface area (Å²) in [6.07, 6.45) is -0.706. The van der Waals surface area contributed by atoms with Gasteiger partial charge in [0.15, 0.2) is 0 Å². The van der Waals surface area contributed by atoms with E-state index in [1.54, 1.807) is 30.3 Å². The number of alkyl carbamates (subject to hydrolysis) is 1. The van der Waals surface area contributed by atoms with Gasteiger partial charge in [-0.25, -0.2) is 4.79 Å². The third-order valence-electron chi connectivity index (χ3n) is 6.05. The maximum absolute atomic E-state index is 12.5. The summed E-state index contributed by atoms with van der Waals surface area (Å²) in [6, 6.07) is 23.9. The highest BCUT2D eigenvalue weighted by Gasteiger charge is 2.29. The first kappa shape index (κ1) is 23.0. The number of nitrogens with one attached hydrogen (secondary N) is 2. The Morgan fingerprint density at radius 2 is 1.44 bits per heavy atom. The third kappa shape index (κ3) is 4.93. The summed E-state index contributed by atoms with van der Waals surface area (Å²) >= 11 is 0. The summed E-state index contributed by atoms with van der Waals surface area (Å²) < 4.78 is 5.47. The second-order valence-corrected chi connectivity index (χ2v) is 8.24. The average molecular weight is 459 g/mol. The Hall–Kier alpha value is -4.13. The number of carbonyl (C=O) groups is 3. The second kappa shape index (κ2) is 10.2. The summed E-state index contributed by atoms with van der Waals surface area (Å²) in [4.78, 5) is 36.5. The average Bonchev–Trinajstić information content (AvgIpc) is 3.17. The molecule has 2 atom stereocenters. The van der Waals surface area contributed by atoms with E-state index in [9.17, 15) is 19.5 Å². The minimum atomic E-state index is -1.04. The number of carbonyl (C=O) groups excluding carboxylic acids is 2. The molecule has 3 aromatic carbocycles. The van der Waals surface area contributed by atoms with Crippen molar-refractivity contribution in [1.29, 1.82) is 0 Å². The number of carboxylic acids is 1. The van der Waals surface area contributed by atoms with Crippen LogP contribution >= 0.6 is 0 Å². The molecule has 0 aliphatic heterocycles. The molecule has 0 radical (unpaired) electrons. The van der Waals surface area contributed by atoms with Gasteiger partial charge in [0.1, 0.15) is 12.6 Å². The zero-order valence-corrected chi connectivity index (χ0v) is 18.7. The van der Waals surface area contributed by atoms with Gasteiger partial charge in [-0.1, -0.05) is 78.9 Å². The normalized spacial score (nSPS) is 13.8. The predicted molar refractivity (Wildman–Crippen MR) is 127 cm³/mol. The Kier molecular flexibility index (Phi) is 6.92. The van der Waals surface area contributed by atoms with E-state index in [0.717, 1.165) is 22.3 Å². The molecule has 3 N–H and O–H groups in total. The highest BCUT2D eigenvalue weighted by atomic mass is 16.5. The van der Waals surface area contributed by atoms with E-state index in [4.69, 9.17) is 4.74 Å². The van der Waals surface area contributed by atoms with Crippen LogP contribution in [0.25, 0.3) is 11.1 Å². The molecule has 7 nitrogen and oxygen atoms in total. The number of amides is 2. The van der Waals surface area contributed by atoms with Gasteiger partial charge in [0, 0.05) is 12.5 Å². The number of benzene rings is 3. The van der Waals surface area contributed by atoms with Gasteiger partial charge in [-0.3, -0.25) is 9.59 Å². The monoisotopic (exact) mass is 458 g/mol. The first-order valence-corrected chi connectivity index (χ1v) is 11.1. The van der Waals surface area contributed by atoms with Gasteiger partial charge in [0.05, 0.1) is 5.92 Å². The molecule has 1 aliphatic carbocycles. The molecule has 7 heteroatoms. The maximum atomic E-state index is 12.5. The topological polar surface area (TPSA) is 105 Å². The van der Waals surface area contributed by atoms with Crippen LogP contribution in [0.2, 0.25) is 0 Å². The molecule has 4 rings (SSSR count). The van der Waals surface area contributed by atoms with Crippen molar-refractivity contribution in [2.75, 3.05) is 13.2 Å². The summed E-state index contributed by atoms with van der Waals surface area (Å²) in [5, 5.41) is 14.6. The largest absolute Gasteiger partial charge is 0.481 e. The van der Waals surface area contributed by atoms with Gasteiger partial charge in [0.25, 0.3) is 0 Å². The van der Waals surface area contributed by atoms with Crippen LogP contribution in [-0.4, -0.2) is 42.3 Å². The lowest BCUT2D eigenvalue weighted by atomic mass is 9.98. The van der Waals surface area contributed by atoms with Crippen molar-refractivity contribution in [3.8, 4) is 11.1 Å². The van der Waals surface area contributed by atoms with Gasteiger partial charge in [-0.05, 0) is 34.7 Å². The summed E-state index contributed by atoms with van der Waals surface area (Å²) in [5.74, 6) is -2.49. The summed E-state index contributed by atoms with van der Waals surface area (Å²) in [7, 11) is 0. The number of ether oxygens (including phenoxy) is 1. The third-order valence-corrected chi connectivity index (χ3v) is 6.05.